The first-order chi connectivity index (χ1) is 13.2. The van der Waals surface area contributed by atoms with Crippen LogP contribution in [0.2, 0.25) is 0 Å². The van der Waals surface area contributed by atoms with E-state index >= 15 is 0 Å². The summed E-state index contributed by atoms with van der Waals surface area (Å²) in [6.45, 7) is 0. The molecule has 0 spiro atoms. The van der Waals surface area contributed by atoms with Crippen LogP contribution in [0.4, 0.5) is 0 Å². The fraction of sp³-hybridized carbons (Fsp3) is 0.286. The fourth-order valence-corrected chi connectivity index (χ4v) is 3.96. The van der Waals surface area contributed by atoms with E-state index < -0.39 is 0 Å². The van der Waals surface area contributed by atoms with E-state index in [-0.39, 0.29) is 18.1 Å². The lowest BCUT2D eigenvalue weighted by Crippen LogP contribution is -2.94. The molecule has 1 aromatic heterocycles. The van der Waals surface area contributed by atoms with Gasteiger partial charge in [-0.3, -0.25) is 0 Å². The van der Waals surface area contributed by atoms with Gasteiger partial charge in [0.25, 0.3) is 0 Å². The van der Waals surface area contributed by atoms with Gasteiger partial charge in [-0.05, 0) is 29.8 Å². The lowest BCUT2D eigenvalue weighted by Gasteiger charge is -2.27. The number of ether oxygens (including phenoxy) is 3. The van der Waals surface area contributed by atoms with Gasteiger partial charge in [0.2, 0.25) is 0 Å². The molecule has 2 aromatic carbocycles. The zero-order chi connectivity index (χ0) is 19.0. The molecule has 3 aromatic rings. The number of esters is 1. The number of nitrogens with one attached hydrogen (secondary N) is 1. The van der Waals surface area contributed by atoms with E-state index in [1.54, 1.807) is 14.2 Å². The van der Waals surface area contributed by atoms with Crippen LogP contribution in [0.25, 0.3) is 10.9 Å². The van der Waals surface area contributed by atoms with E-state index in [4.69, 9.17) is 14.2 Å². The number of aromatic amines is 1. The summed E-state index contributed by atoms with van der Waals surface area (Å²) >= 11 is 0. The minimum absolute atomic E-state index is 0.0648. The maximum absolute atomic E-state index is 12.3. The molecule has 2 atom stereocenters. The number of methoxy groups -OCH3 is 3. The monoisotopic (exact) mass is 367 g/mol. The molecule has 140 valence electrons. The second-order valence-electron chi connectivity index (χ2n) is 6.68. The first kappa shape index (κ1) is 17.4. The molecule has 6 nitrogen and oxygen atoms in total. The zero-order valence-corrected chi connectivity index (χ0v) is 15.6. The molecular formula is C21H23N2O4+. The van der Waals surface area contributed by atoms with Crippen LogP contribution in [-0.2, 0) is 16.0 Å². The SMILES string of the molecule is COC(=O)[C@@H]1Cc2c([nH]c3ccccc23)[C@H](c2ccc(OC)c(OC)c2)[NH2+]1. The van der Waals surface area contributed by atoms with Crippen LogP contribution in [-0.4, -0.2) is 38.3 Å². The normalized spacial score (nSPS) is 18.8. The molecule has 0 radical (unpaired) electrons. The lowest BCUT2D eigenvalue weighted by molar-refractivity contribution is -0.712. The number of benzene rings is 2. The van der Waals surface area contributed by atoms with Crippen LogP contribution in [0.3, 0.4) is 0 Å². The Bertz CT molecular complexity index is 995. The van der Waals surface area contributed by atoms with Crippen molar-refractivity contribution in [2.75, 3.05) is 21.3 Å². The lowest BCUT2D eigenvalue weighted by atomic mass is 9.90. The molecule has 0 fully saturated rings. The third-order valence-corrected chi connectivity index (χ3v) is 5.28. The summed E-state index contributed by atoms with van der Waals surface area (Å²) in [7, 11) is 4.68. The predicted octanol–water partition coefficient (Wildman–Crippen LogP) is 1.94. The van der Waals surface area contributed by atoms with Crippen LogP contribution in [0.15, 0.2) is 42.5 Å². The standard InChI is InChI=1S/C21H22N2O4/c1-25-17-9-8-12(10-18(17)26-2)19-20-14(11-16(23-19)21(24)27-3)13-6-4-5-7-15(13)22-20/h4-10,16,19,22-23H,11H2,1-3H3/p+1/t16-,19-/m0/s1. The summed E-state index contributed by atoms with van der Waals surface area (Å²) in [4.78, 5) is 15.9. The third kappa shape index (κ3) is 2.92. The largest absolute Gasteiger partial charge is 0.493 e. The van der Waals surface area contributed by atoms with Crippen molar-refractivity contribution in [3.63, 3.8) is 0 Å². The number of aromatic nitrogens is 1. The molecule has 0 aliphatic carbocycles. The van der Waals surface area contributed by atoms with E-state index in [1.165, 1.54) is 12.7 Å². The van der Waals surface area contributed by atoms with E-state index in [0.717, 1.165) is 22.2 Å². The number of fused-ring (bicyclic) bond motifs is 3. The molecule has 1 aliphatic rings. The summed E-state index contributed by atoms with van der Waals surface area (Å²) in [6.07, 6.45) is 0.635. The number of hydrogen-bond donors (Lipinski definition) is 2. The van der Waals surface area contributed by atoms with Gasteiger partial charge in [-0.25, -0.2) is 4.79 Å². The second kappa shape index (κ2) is 6.96. The summed E-state index contributed by atoms with van der Waals surface area (Å²) < 4.78 is 15.9. The summed E-state index contributed by atoms with van der Waals surface area (Å²) in [5.41, 5.74) is 4.40. The minimum atomic E-state index is -0.292. The summed E-state index contributed by atoms with van der Waals surface area (Å²) in [5, 5.41) is 3.21. The van der Waals surface area contributed by atoms with Gasteiger partial charge in [-0.2, -0.15) is 0 Å². The van der Waals surface area contributed by atoms with Crippen molar-refractivity contribution < 1.29 is 24.3 Å². The minimum Gasteiger partial charge on any atom is -0.493 e. The number of hydrogen-bond acceptors (Lipinski definition) is 4. The topological polar surface area (TPSA) is 77.2 Å². The maximum Gasteiger partial charge on any atom is 0.364 e. The number of carbonyl (C=O) groups excluding carboxylic acids is 1. The Labute approximate surface area is 157 Å². The van der Waals surface area contributed by atoms with Gasteiger partial charge < -0.3 is 24.5 Å². The Balaban J connectivity index is 1.86. The van der Waals surface area contributed by atoms with Gasteiger partial charge in [-0.1, -0.05) is 18.2 Å². The van der Waals surface area contributed by atoms with Crippen LogP contribution in [0.5, 0.6) is 11.5 Å². The second-order valence-corrected chi connectivity index (χ2v) is 6.68. The number of nitrogens with two attached hydrogens (primary N) is 1. The highest BCUT2D eigenvalue weighted by Gasteiger charge is 2.38. The smallest absolute Gasteiger partial charge is 0.364 e. The molecule has 0 amide bonds. The number of rotatable bonds is 4. The number of H-pyrrole nitrogens is 1. The Kier molecular flexibility index (Phi) is 4.49. The molecular weight excluding hydrogens is 344 g/mol. The number of para-hydroxylation sites is 1. The fourth-order valence-electron chi connectivity index (χ4n) is 3.96. The van der Waals surface area contributed by atoms with Gasteiger partial charge in [-0.15, -0.1) is 0 Å². The van der Waals surface area contributed by atoms with Gasteiger partial charge >= 0.3 is 5.97 Å². The molecule has 1 aliphatic heterocycles. The Morgan fingerprint density at radius 2 is 1.85 bits per heavy atom. The quantitative estimate of drug-likeness (QED) is 0.691. The molecule has 4 rings (SSSR count). The van der Waals surface area contributed by atoms with Crippen molar-refractivity contribution in [3.8, 4) is 11.5 Å². The summed E-state index contributed by atoms with van der Waals surface area (Å²) in [5.74, 6) is 1.14. The van der Waals surface area contributed by atoms with Crippen molar-refractivity contribution >= 4 is 16.9 Å². The van der Waals surface area contributed by atoms with Crippen molar-refractivity contribution in [2.24, 2.45) is 0 Å². The molecule has 0 unspecified atom stereocenters. The zero-order valence-electron chi connectivity index (χ0n) is 15.6. The van der Waals surface area contributed by atoms with Crippen molar-refractivity contribution in [1.29, 1.82) is 0 Å². The van der Waals surface area contributed by atoms with Gasteiger partial charge in [0.1, 0.15) is 0 Å². The third-order valence-electron chi connectivity index (χ3n) is 5.28. The highest BCUT2D eigenvalue weighted by molar-refractivity contribution is 5.86. The Morgan fingerprint density at radius 1 is 1.07 bits per heavy atom. The van der Waals surface area contributed by atoms with Crippen LogP contribution in [0.1, 0.15) is 22.9 Å². The molecule has 27 heavy (non-hydrogen) atoms. The number of carbonyl (C=O) groups is 1. The average Bonchev–Trinajstić information content (AvgIpc) is 3.10. The molecule has 2 heterocycles. The molecule has 0 saturated carbocycles. The van der Waals surface area contributed by atoms with Gasteiger partial charge in [0.15, 0.2) is 23.6 Å². The number of quaternary nitrogens is 1. The van der Waals surface area contributed by atoms with E-state index in [2.05, 4.69) is 22.4 Å². The van der Waals surface area contributed by atoms with Gasteiger partial charge in [0.05, 0.1) is 27.0 Å². The van der Waals surface area contributed by atoms with Crippen molar-refractivity contribution in [3.05, 3.63) is 59.3 Å². The van der Waals surface area contributed by atoms with Gasteiger partial charge in [0, 0.05) is 22.9 Å². The summed E-state index contributed by atoms with van der Waals surface area (Å²) in [6, 6.07) is 13.7. The van der Waals surface area contributed by atoms with Crippen molar-refractivity contribution in [2.45, 2.75) is 18.5 Å². The van der Waals surface area contributed by atoms with Crippen molar-refractivity contribution in [1.82, 2.24) is 4.98 Å². The average molecular weight is 367 g/mol. The highest BCUT2D eigenvalue weighted by Crippen LogP contribution is 2.35. The Morgan fingerprint density at radius 3 is 2.59 bits per heavy atom. The van der Waals surface area contributed by atoms with Crippen LogP contribution in [0, 0.1) is 0 Å². The maximum atomic E-state index is 12.3. The first-order valence-electron chi connectivity index (χ1n) is 8.90. The molecule has 6 heteroatoms. The Hall–Kier alpha value is -2.99. The predicted molar refractivity (Wildman–Crippen MR) is 101 cm³/mol. The highest BCUT2D eigenvalue weighted by atomic mass is 16.5. The molecule has 0 bridgehead atoms. The molecule has 0 saturated heterocycles. The van der Waals surface area contributed by atoms with E-state index in [1.807, 2.05) is 30.3 Å². The van der Waals surface area contributed by atoms with E-state index in [9.17, 15) is 4.79 Å². The van der Waals surface area contributed by atoms with Crippen LogP contribution < -0.4 is 14.8 Å². The molecule has 3 N–H and O–H groups in total. The first-order valence-corrected chi connectivity index (χ1v) is 8.90. The van der Waals surface area contributed by atoms with E-state index in [0.29, 0.717) is 17.9 Å². The van der Waals surface area contributed by atoms with Crippen LogP contribution >= 0.6 is 0 Å².